The van der Waals surface area contributed by atoms with Gasteiger partial charge in [-0.1, -0.05) is 5.16 Å². The Labute approximate surface area is 114 Å². The topological polar surface area (TPSA) is 95.7 Å². The summed E-state index contributed by atoms with van der Waals surface area (Å²) in [5.74, 6) is 1.16. The maximum absolute atomic E-state index is 12.0. The fourth-order valence-electron chi connectivity index (χ4n) is 1.89. The summed E-state index contributed by atoms with van der Waals surface area (Å²) in [6.45, 7) is 0.813. The predicted octanol–water partition coefficient (Wildman–Crippen LogP) is 0.776. The Morgan fingerprint density at radius 2 is 2.47 bits per heavy atom. The Bertz CT molecular complexity index is 437. The number of amides is 2. The van der Waals surface area contributed by atoms with E-state index < -0.39 is 5.97 Å². The van der Waals surface area contributed by atoms with E-state index in [1.54, 1.807) is 22.7 Å². The second-order valence-corrected chi connectivity index (χ2v) is 5.31. The molecule has 2 N–H and O–H groups in total. The van der Waals surface area contributed by atoms with Gasteiger partial charge in [-0.15, -0.1) is 0 Å². The first kappa shape index (κ1) is 13.7. The standard InChI is InChI=1S/C11H15N3O4S/c15-10(16)5-8-7-19-4-3-14(8)11(17)12-6-9-1-2-13-18-9/h1-2,8H,3-7H2,(H,12,17)(H,15,16). The van der Waals surface area contributed by atoms with E-state index in [9.17, 15) is 9.59 Å². The second kappa shape index (κ2) is 6.46. The molecule has 1 saturated heterocycles. The lowest BCUT2D eigenvalue weighted by molar-refractivity contribution is -0.138. The Balaban J connectivity index is 1.89. The van der Waals surface area contributed by atoms with Crippen LogP contribution in [-0.2, 0) is 11.3 Å². The van der Waals surface area contributed by atoms with E-state index in [1.807, 2.05) is 0 Å². The van der Waals surface area contributed by atoms with Gasteiger partial charge in [0.25, 0.3) is 0 Å². The minimum Gasteiger partial charge on any atom is -0.481 e. The van der Waals surface area contributed by atoms with Gasteiger partial charge in [-0.05, 0) is 0 Å². The van der Waals surface area contributed by atoms with Crippen LogP contribution in [0, 0.1) is 0 Å². The smallest absolute Gasteiger partial charge is 0.318 e. The first-order valence-corrected chi connectivity index (χ1v) is 7.06. The van der Waals surface area contributed by atoms with Crippen molar-refractivity contribution in [3.05, 3.63) is 18.0 Å². The molecule has 0 saturated carbocycles. The SMILES string of the molecule is O=C(O)CC1CSCCN1C(=O)NCc1ccno1. The summed E-state index contributed by atoms with van der Waals surface area (Å²) in [5, 5.41) is 15.1. The predicted molar refractivity (Wildman–Crippen MR) is 68.8 cm³/mol. The second-order valence-electron chi connectivity index (χ2n) is 4.16. The summed E-state index contributed by atoms with van der Waals surface area (Å²) in [6.07, 6.45) is 1.48. The summed E-state index contributed by atoms with van der Waals surface area (Å²) >= 11 is 1.67. The molecule has 1 unspecified atom stereocenters. The highest BCUT2D eigenvalue weighted by Crippen LogP contribution is 2.19. The molecule has 2 rings (SSSR count). The number of rotatable bonds is 4. The zero-order chi connectivity index (χ0) is 13.7. The highest BCUT2D eigenvalue weighted by Gasteiger charge is 2.28. The molecular formula is C11H15N3O4S. The number of carboxylic acid groups (broad SMARTS) is 1. The van der Waals surface area contributed by atoms with Crippen LogP contribution < -0.4 is 5.32 Å². The van der Waals surface area contributed by atoms with E-state index in [-0.39, 0.29) is 25.0 Å². The van der Waals surface area contributed by atoms with Crippen LogP contribution in [0.4, 0.5) is 4.79 Å². The molecule has 1 aliphatic heterocycles. The molecule has 7 nitrogen and oxygen atoms in total. The number of hydrogen-bond donors (Lipinski definition) is 2. The maximum Gasteiger partial charge on any atom is 0.318 e. The fourth-order valence-corrected chi connectivity index (χ4v) is 2.95. The molecule has 1 atom stereocenters. The first-order valence-electron chi connectivity index (χ1n) is 5.90. The third-order valence-electron chi connectivity index (χ3n) is 2.80. The first-order chi connectivity index (χ1) is 9.16. The molecule has 19 heavy (non-hydrogen) atoms. The number of carbonyl (C=O) groups excluding carboxylic acids is 1. The number of hydrogen-bond acceptors (Lipinski definition) is 5. The Morgan fingerprint density at radius 1 is 1.63 bits per heavy atom. The number of thioether (sulfide) groups is 1. The van der Waals surface area contributed by atoms with Crippen LogP contribution in [0.1, 0.15) is 12.2 Å². The lowest BCUT2D eigenvalue weighted by Crippen LogP contribution is -2.51. The van der Waals surface area contributed by atoms with Crippen molar-refractivity contribution in [3.8, 4) is 0 Å². The molecule has 0 bridgehead atoms. The molecule has 0 aliphatic carbocycles. The average Bonchev–Trinajstić information content (AvgIpc) is 2.89. The normalized spacial score (nSPS) is 19.2. The number of urea groups is 1. The Hall–Kier alpha value is -1.70. The third kappa shape index (κ3) is 3.88. The average molecular weight is 285 g/mol. The molecule has 0 spiro atoms. The lowest BCUT2D eigenvalue weighted by atomic mass is 10.2. The van der Waals surface area contributed by atoms with Crippen LogP contribution in [0.25, 0.3) is 0 Å². The van der Waals surface area contributed by atoms with Gasteiger partial charge in [0.15, 0.2) is 5.76 Å². The molecule has 1 aromatic rings. The van der Waals surface area contributed by atoms with Crippen LogP contribution in [-0.4, -0.2) is 51.3 Å². The van der Waals surface area contributed by atoms with Crippen LogP contribution in [0.15, 0.2) is 16.8 Å². The van der Waals surface area contributed by atoms with E-state index in [2.05, 4.69) is 10.5 Å². The highest BCUT2D eigenvalue weighted by molar-refractivity contribution is 7.99. The van der Waals surface area contributed by atoms with Gasteiger partial charge in [-0.3, -0.25) is 4.79 Å². The van der Waals surface area contributed by atoms with Gasteiger partial charge < -0.3 is 19.8 Å². The van der Waals surface area contributed by atoms with E-state index in [0.717, 1.165) is 5.75 Å². The zero-order valence-corrected chi connectivity index (χ0v) is 11.1. The number of carboxylic acids is 1. The number of aromatic nitrogens is 1. The van der Waals surface area contributed by atoms with Crippen LogP contribution in [0.5, 0.6) is 0 Å². The molecule has 1 fully saturated rings. The molecule has 2 heterocycles. The van der Waals surface area contributed by atoms with Crippen LogP contribution >= 0.6 is 11.8 Å². The number of aliphatic carboxylic acids is 1. The van der Waals surface area contributed by atoms with Gasteiger partial charge in [0.2, 0.25) is 0 Å². The quantitative estimate of drug-likeness (QED) is 0.848. The monoisotopic (exact) mass is 285 g/mol. The molecule has 1 aromatic heterocycles. The van der Waals surface area contributed by atoms with Crippen molar-refractivity contribution in [1.29, 1.82) is 0 Å². The van der Waals surface area contributed by atoms with Crippen molar-refractivity contribution >= 4 is 23.8 Å². The molecule has 0 radical (unpaired) electrons. The Morgan fingerprint density at radius 3 is 3.16 bits per heavy atom. The zero-order valence-electron chi connectivity index (χ0n) is 10.2. The van der Waals surface area contributed by atoms with Gasteiger partial charge in [-0.2, -0.15) is 11.8 Å². The lowest BCUT2D eigenvalue weighted by Gasteiger charge is -2.34. The van der Waals surface area contributed by atoms with Crippen molar-refractivity contribution < 1.29 is 19.2 Å². The van der Waals surface area contributed by atoms with Gasteiger partial charge in [0.1, 0.15) is 0 Å². The number of carbonyl (C=O) groups is 2. The van der Waals surface area contributed by atoms with Crippen molar-refractivity contribution in [2.45, 2.75) is 19.0 Å². The maximum atomic E-state index is 12.0. The molecule has 1 aliphatic rings. The van der Waals surface area contributed by atoms with Gasteiger partial charge >= 0.3 is 12.0 Å². The van der Waals surface area contributed by atoms with Crippen molar-refractivity contribution in [1.82, 2.24) is 15.4 Å². The summed E-state index contributed by atoms with van der Waals surface area (Å²) in [4.78, 5) is 24.4. The third-order valence-corrected chi connectivity index (χ3v) is 3.90. The van der Waals surface area contributed by atoms with Crippen molar-refractivity contribution in [2.75, 3.05) is 18.1 Å². The molecular weight excluding hydrogens is 270 g/mol. The van der Waals surface area contributed by atoms with Crippen LogP contribution in [0.2, 0.25) is 0 Å². The van der Waals surface area contributed by atoms with Gasteiger partial charge in [-0.25, -0.2) is 4.79 Å². The minimum atomic E-state index is -0.888. The summed E-state index contributed by atoms with van der Waals surface area (Å²) < 4.78 is 4.88. The molecule has 104 valence electrons. The summed E-state index contributed by atoms with van der Waals surface area (Å²) in [7, 11) is 0. The number of nitrogens with zero attached hydrogens (tertiary/aromatic N) is 2. The van der Waals surface area contributed by atoms with Gasteiger partial charge in [0, 0.05) is 24.1 Å². The summed E-state index contributed by atoms with van der Waals surface area (Å²) in [6, 6.07) is 1.15. The summed E-state index contributed by atoms with van der Waals surface area (Å²) in [5.41, 5.74) is 0. The van der Waals surface area contributed by atoms with Crippen molar-refractivity contribution in [2.24, 2.45) is 0 Å². The van der Waals surface area contributed by atoms with E-state index in [0.29, 0.717) is 18.1 Å². The Kier molecular flexibility index (Phi) is 4.67. The van der Waals surface area contributed by atoms with E-state index in [1.165, 1.54) is 6.20 Å². The minimum absolute atomic E-state index is 0.0251. The highest BCUT2D eigenvalue weighted by atomic mass is 32.2. The van der Waals surface area contributed by atoms with Crippen LogP contribution in [0.3, 0.4) is 0 Å². The van der Waals surface area contributed by atoms with Gasteiger partial charge in [0.05, 0.1) is 25.2 Å². The van der Waals surface area contributed by atoms with Crippen molar-refractivity contribution in [3.63, 3.8) is 0 Å². The largest absolute Gasteiger partial charge is 0.481 e. The molecule has 0 aromatic carbocycles. The van der Waals surface area contributed by atoms with E-state index in [4.69, 9.17) is 9.63 Å². The number of nitrogens with one attached hydrogen (secondary N) is 1. The fraction of sp³-hybridized carbons (Fsp3) is 0.545. The van der Waals surface area contributed by atoms with E-state index >= 15 is 0 Å². The molecule has 8 heteroatoms. The molecule has 2 amide bonds.